The lowest BCUT2D eigenvalue weighted by Gasteiger charge is -2.32. The maximum atomic E-state index is 13.4. The lowest BCUT2D eigenvalue weighted by atomic mass is 9.84. The van der Waals surface area contributed by atoms with Crippen LogP contribution >= 0.6 is 0 Å². The lowest BCUT2D eigenvalue weighted by molar-refractivity contribution is -0.137. The molecule has 5 heteroatoms. The maximum Gasteiger partial charge on any atom is 0.244 e. The van der Waals surface area contributed by atoms with Crippen LogP contribution in [-0.4, -0.2) is 34.6 Å². The van der Waals surface area contributed by atoms with Gasteiger partial charge in [0.2, 0.25) is 11.8 Å². The Kier molecular flexibility index (Phi) is 6.45. The minimum Gasteiger partial charge on any atom is -0.329 e. The molecular formula is C27H32N2O3. The number of ketones is 1. The van der Waals surface area contributed by atoms with E-state index in [4.69, 9.17) is 0 Å². The number of carbonyl (C=O) groups is 3. The second kappa shape index (κ2) is 9.27. The Morgan fingerprint density at radius 2 is 1.66 bits per heavy atom. The van der Waals surface area contributed by atoms with Crippen molar-refractivity contribution in [3.05, 3.63) is 65.7 Å². The zero-order chi connectivity index (χ0) is 22.7. The van der Waals surface area contributed by atoms with Crippen LogP contribution in [0.3, 0.4) is 0 Å². The van der Waals surface area contributed by atoms with E-state index in [0.717, 1.165) is 5.56 Å². The number of amides is 2. The minimum atomic E-state index is -1.30. The van der Waals surface area contributed by atoms with Crippen molar-refractivity contribution in [2.24, 2.45) is 5.92 Å². The van der Waals surface area contributed by atoms with Crippen LogP contribution in [0.5, 0.6) is 0 Å². The average molecular weight is 433 g/mol. The number of hydrogen-bond donors (Lipinski definition) is 1. The molecule has 2 aliphatic rings. The molecule has 0 bridgehead atoms. The molecule has 4 rings (SSSR count). The predicted molar refractivity (Wildman–Crippen MR) is 125 cm³/mol. The van der Waals surface area contributed by atoms with Crippen LogP contribution in [0.25, 0.3) is 0 Å². The standard InChI is InChI=1S/C27H32N2O3/c1-3-29-26(32)23(24(30)27(29,2)18-19-10-6-4-7-11-19)25(31)28-22-16-14-21(15-17-22)20-12-8-5-9-13-20/h4,6-7,10-11,14-17,20,23H,3,5,8-9,12-13,18H2,1-2H3,(H,28,31). The summed E-state index contributed by atoms with van der Waals surface area (Å²) >= 11 is 0. The summed E-state index contributed by atoms with van der Waals surface area (Å²) in [6.45, 7) is 4.00. The highest BCUT2D eigenvalue weighted by molar-refractivity contribution is 6.27. The number of nitrogens with zero attached hydrogens (tertiary/aromatic N) is 1. The first-order valence-electron chi connectivity index (χ1n) is 11.7. The van der Waals surface area contributed by atoms with E-state index in [-0.39, 0.29) is 5.78 Å². The van der Waals surface area contributed by atoms with Crippen molar-refractivity contribution >= 4 is 23.3 Å². The van der Waals surface area contributed by atoms with E-state index in [9.17, 15) is 14.4 Å². The number of hydrogen-bond acceptors (Lipinski definition) is 3. The Morgan fingerprint density at radius 1 is 1.00 bits per heavy atom. The number of likely N-dealkylation sites (tertiary alicyclic amines) is 1. The van der Waals surface area contributed by atoms with Crippen molar-refractivity contribution in [1.82, 2.24) is 4.90 Å². The molecular weight excluding hydrogens is 400 g/mol. The normalized spacial score (nSPS) is 24.1. The summed E-state index contributed by atoms with van der Waals surface area (Å²) in [7, 11) is 0. The van der Waals surface area contributed by atoms with Crippen molar-refractivity contribution in [1.29, 1.82) is 0 Å². The number of Topliss-reactive ketones (excluding diaryl/α,β-unsaturated/α-hetero) is 1. The smallest absolute Gasteiger partial charge is 0.244 e. The third-order valence-electron chi connectivity index (χ3n) is 7.13. The van der Waals surface area contributed by atoms with Crippen molar-refractivity contribution in [2.45, 2.75) is 63.8 Å². The Bertz CT molecular complexity index is 980. The molecule has 2 amide bonds. The highest BCUT2D eigenvalue weighted by Crippen LogP contribution is 2.35. The van der Waals surface area contributed by atoms with Gasteiger partial charge in [-0.15, -0.1) is 0 Å². The Morgan fingerprint density at radius 3 is 2.28 bits per heavy atom. The fourth-order valence-corrected chi connectivity index (χ4v) is 5.36. The second-order valence-electron chi connectivity index (χ2n) is 9.26. The molecule has 1 saturated heterocycles. The second-order valence-corrected chi connectivity index (χ2v) is 9.26. The maximum absolute atomic E-state index is 13.4. The highest BCUT2D eigenvalue weighted by Gasteiger charge is 2.57. The van der Waals surface area contributed by atoms with E-state index < -0.39 is 23.3 Å². The van der Waals surface area contributed by atoms with Gasteiger partial charge >= 0.3 is 0 Å². The zero-order valence-electron chi connectivity index (χ0n) is 19.0. The van der Waals surface area contributed by atoms with Crippen LogP contribution < -0.4 is 5.32 Å². The summed E-state index contributed by atoms with van der Waals surface area (Å²) < 4.78 is 0. The van der Waals surface area contributed by atoms with Gasteiger partial charge in [-0.3, -0.25) is 14.4 Å². The number of benzene rings is 2. The Balaban J connectivity index is 1.49. The van der Waals surface area contributed by atoms with Gasteiger partial charge in [-0.2, -0.15) is 0 Å². The molecule has 1 aliphatic heterocycles. The zero-order valence-corrected chi connectivity index (χ0v) is 19.0. The van der Waals surface area contributed by atoms with Crippen LogP contribution in [0.1, 0.15) is 63.0 Å². The van der Waals surface area contributed by atoms with Gasteiger partial charge in [-0.25, -0.2) is 0 Å². The van der Waals surface area contributed by atoms with Gasteiger partial charge in [0.15, 0.2) is 11.7 Å². The number of nitrogens with one attached hydrogen (secondary N) is 1. The van der Waals surface area contributed by atoms with E-state index in [1.54, 1.807) is 11.8 Å². The molecule has 2 aromatic carbocycles. The molecule has 168 valence electrons. The molecule has 2 unspecified atom stereocenters. The van der Waals surface area contributed by atoms with Crippen molar-refractivity contribution in [3.8, 4) is 0 Å². The largest absolute Gasteiger partial charge is 0.329 e. The molecule has 0 radical (unpaired) electrons. The molecule has 1 aliphatic carbocycles. The summed E-state index contributed by atoms with van der Waals surface area (Å²) in [6, 6.07) is 17.5. The molecule has 2 fully saturated rings. The fraction of sp³-hybridized carbons (Fsp3) is 0.444. The topological polar surface area (TPSA) is 66.5 Å². The predicted octanol–water partition coefficient (Wildman–Crippen LogP) is 4.72. The van der Waals surface area contributed by atoms with Gasteiger partial charge in [-0.05, 0) is 55.9 Å². The van der Waals surface area contributed by atoms with Crippen molar-refractivity contribution in [3.63, 3.8) is 0 Å². The highest BCUT2D eigenvalue weighted by atomic mass is 16.2. The fourth-order valence-electron chi connectivity index (χ4n) is 5.36. The number of anilines is 1. The van der Waals surface area contributed by atoms with E-state index >= 15 is 0 Å². The van der Waals surface area contributed by atoms with Crippen LogP contribution in [0.2, 0.25) is 0 Å². The first kappa shape index (κ1) is 22.3. The number of likely N-dealkylation sites (N-methyl/N-ethyl adjacent to an activating group) is 1. The number of rotatable bonds is 6. The molecule has 2 atom stereocenters. The van der Waals surface area contributed by atoms with Gasteiger partial charge in [0.05, 0.1) is 0 Å². The first-order valence-corrected chi connectivity index (χ1v) is 11.7. The molecule has 5 nitrogen and oxygen atoms in total. The van der Waals surface area contributed by atoms with Gasteiger partial charge < -0.3 is 10.2 Å². The lowest BCUT2D eigenvalue weighted by Crippen LogP contribution is -2.48. The molecule has 0 aromatic heterocycles. The quantitative estimate of drug-likeness (QED) is 0.672. The average Bonchev–Trinajstić information content (AvgIpc) is 2.99. The molecule has 0 spiro atoms. The third kappa shape index (κ3) is 4.21. The summed E-state index contributed by atoms with van der Waals surface area (Å²) in [5.41, 5.74) is 1.85. The van der Waals surface area contributed by atoms with Gasteiger partial charge in [0.1, 0.15) is 5.54 Å². The van der Waals surface area contributed by atoms with Crippen LogP contribution in [0, 0.1) is 5.92 Å². The third-order valence-corrected chi connectivity index (χ3v) is 7.13. The summed E-state index contributed by atoms with van der Waals surface area (Å²) in [5, 5.41) is 2.81. The van der Waals surface area contributed by atoms with E-state index in [1.165, 1.54) is 37.7 Å². The molecule has 32 heavy (non-hydrogen) atoms. The van der Waals surface area contributed by atoms with Gasteiger partial charge in [0.25, 0.3) is 0 Å². The summed E-state index contributed by atoms with van der Waals surface area (Å²) in [6.07, 6.45) is 6.67. The molecule has 1 N–H and O–H groups in total. The monoisotopic (exact) mass is 432 g/mol. The van der Waals surface area contributed by atoms with Gasteiger partial charge in [0, 0.05) is 18.7 Å². The van der Waals surface area contributed by atoms with Crippen LogP contribution in [0.15, 0.2) is 54.6 Å². The summed E-state index contributed by atoms with van der Waals surface area (Å²) in [5.74, 6) is -2.00. The molecule has 2 aromatic rings. The van der Waals surface area contributed by atoms with Gasteiger partial charge in [-0.1, -0.05) is 61.7 Å². The molecule has 1 saturated carbocycles. The molecule has 1 heterocycles. The van der Waals surface area contributed by atoms with E-state index in [2.05, 4.69) is 17.4 Å². The van der Waals surface area contributed by atoms with E-state index in [0.29, 0.717) is 24.6 Å². The minimum absolute atomic E-state index is 0.329. The van der Waals surface area contributed by atoms with Crippen LogP contribution in [0.4, 0.5) is 5.69 Å². The summed E-state index contributed by atoms with van der Waals surface area (Å²) in [4.78, 5) is 41.1. The number of carbonyl (C=O) groups excluding carboxylic acids is 3. The van der Waals surface area contributed by atoms with E-state index in [1.807, 2.05) is 49.4 Å². The van der Waals surface area contributed by atoms with Crippen LogP contribution in [-0.2, 0) is 20.8 Å². The van der Waals surface area contributed by atoms with Crippen molar-refractivity contribution in [2.75, 3.05) is 11.9 Å². The Labute approximate surface area is 190 Å². The van der Waals surface area contributed by atoms with Crippen molar-refractivity contribution < 1.29 is 14.4 Å². The SMILES string of the molecule is CCN1C(=O)C(C(=O)Nc2ccc(C3CCCCC3)cc2)C(=O)C1(C)Cc1ccccc1. The Hall–Kier alpha value is -2.95. The first-order chi connectivity index (χ1) is 15.4.